The summed E-state index contributed by atoms with van der Waals surface area (Å²) in [5.74, 6) is 5.81. The van der Waals surface area contributed by atoms with E-state index in [1.807, 2.05) is 121 Å². The third-order valence-electron chi connectivity index (χ3n) is 7.61. The second kappa shape index (κ2) is 13.8. The molecule has 4 N–H and O–H groups in total. The molecule has 0 aromatic heterocycles. The Morgan fingerprint density at radius 1 is 0.250 bits per heavy atom. The molecule has 0 spiro atoms. The van der Waals surface area contributed by atoms with Crippen molar-refractivity contribution >= 4 is 11.4 Å². The normalized spacial score (nSPS) is 10.7. The van der Waals surface area contributed by atoms with Gasteiger partial charge in [0.25, 0.3) is 0 Å². The highest BCUT2D eigenvalue weighted by molar-refractivity contribution is 5.83. The Hall–Kier alpha value is -6.66. The molecule has 0 fully saturated rings. The number of hydrogen-bond donors (Lipinski definition) is 2. The van der Waals surface area contributed by atoms with E-state index in [4.69, 9.17) is 30.4 Å². The molecule has 7 aromatic carbocycles. The Kier molecular flexibility index (Phi) is 8.61. The largest absolute Gasteiger partial charge is 0.457 e. The zero-order valence-electron chi connectivity index (χ0n) is 26.0. The maximum atomic E-state index is 6.11. The van der Waals surface area contributed by atoms with Crippen LogP contribution in [0.1, 0.15) is 0 Å². The van der Waals surface area contributed by atoms with E-state index in [-0.39, 0.29) is 0 Å². The van der Waals surface area contributed by atoms with Gasteiger partial charge in [-0.15, -0.1) is 0 Å². The first kappa shape index (κ1) is 30.0. The van der Waals surface area contributed by atoms with Crippen molar-refractivity contribution in [2.75, 3.05) is 11.5 Å². The van der Waals surface area contributed by atoms with E-state index in [1.165, 1.54) is 0 Å². The van der Waals surface area contributed by atoms with Crippen molar-refractivity contribution in [3.8, 4) is 68.2 Å². The summed E-state index contributed by atoms with van der Waals surface area (Å²) in [5, 5.41) is 0. The summed E-state index contributed by atoms with van der Waals surface area (Å²) in [6.45, 7) is 0. The smallest absolute Gasteiger partial charge is 0.127 e. The minimum Gasteiger partial charge on any atom is -0.457 e. The van der Waals surface area contributed by atoms with Crippen LogP contribution in [0.4, 0.5) is 11.4 Å². The minimum absolute atomic E-state index is 0.696. The quantitative estimate of drug-likeness (QED) is 0.147. The van der Waals surface area contributed by atoms with E-state index < -0.39 is 0 Å². The molecule has 0 bridgehead atoms. The lowest BCUT2D eigenvalue weighted by Gasteiger charge is -2.13. The fraction of sp³-hybridized carbons (Fsp3) is 0. The summed E-state index contributed by atoms with van der Waals surface area (Å²) < 4.78 is 24.0. The van der Waals surface area contributed by atoms with Crippen LogP contribution >= 0.6 is 0 Å². The molecule has 7 rings (SSSR count). The summed E-state index contributed by atoms with van der Waals surface area (Å²) in [7, 11) is 0. The van der Waals surface area contributed by atoms with Crippen LogP contribution in [-0.4, -0.2) is 0 Å². The van der Waals surface area contributed by atoms with Crippen molar-refractivity contribution < 1.29 is 18.9 Å². The third-order valence-corrected chi connectivity index (χ3v) is 7.61. The number of nitrogen functional groups attached to an aromatic ring is 2. The molecule has 6 nitrogen and oxygen atoms in total. The molecule has 0 unspecified atom stereocenters. The molecule has 0 radical (unpaired) electrons. The van der Waals surface area contributed by atoms with Gasteiger partial charge in [0.2, 0.25) is 0 Å². The van der Waals surface area contributed by atoms with E-state index in [1.54, 1.807) is 0 Å². The van der Waals surface area contributed by atoms with Crippen molar-refractivity contribution in [2.24, 2.45) is 0 Å². The summed E-state index contributed by atoms with van der Waals surface area (Å²) in [6, 6.07) is 54.2. The van der Waals surface area contributed by atoms with Crippen molar-refractivity contribution in [1.82, 2.24) is 0 Å². The molecule has 7 aromatic rings. The van der Waals surface area contributed by atoms with Gasteiger partial charge in [0.15, 0.2) is 0 Å². The first-order chi connectivity index (χ1) is 23.5. The minimum atomic E-state index is 0.696. The van der Waals surface area contributed by atoms with Gasteiger partial charge in [-0.2, -0.15) is 0 Å². The van der Waals surface area contributed by atoms with E-state index in [9.17, 15) is 0 Å². The van der Waals surface area contributed by atoms with Crippen molar-refractivity contribution in [1.29, 1.82) is 0 Å². The fourth-order valence-corrected chi connectivity index (χ4v) is 5.16. The molecule has 0 atom stereocenters. The number of hydrogen-bond acceptors (Lipinski definition) is 6. The highest BCUT2D eigenvalue weighted by Gasteiger charge is 2.09. The fourth-order valence-electron chi connectivity index (χ4n) is 5.16. The summed E-state index contributed by atoms with van der Waals surface area (Å²) >= 11 is 0. The third kappa shape index (κ3) is 7.41. The summed E-state index contributed by atoms with van der Waals surface area (Å²) in [6.07, 6.45) is 0. The second-order valence-corrected chi connectivity index (χ2v) is 11.1. The number of anilines is 2. The Balaban J connectivity index is 0.987. The molecule has 6 heteroatoms. The van der Waals surface area contributed by atoms with Gasteiger partial charge in [0.05, 0.1) is 0 Å². The predicted octanol–water partition coefficient (Wildman–Crippen LogP) is 11.4. The lowest BCUT2D eigenvalue weighted by Crippen LogP contribution is -1.89. The standard InChI is InChI=1S/C42H32N2O4/c43-31-9-17-35(18-10-31)47-39-25-21-37(22-26-39)45-33-13-5-29(6-14-33)41-3-1-2-4-42(41)30-7-15-34(16-8-30)46-38-23-27-40(28-24-38)48-36-19-11-32(44)12-20-36/h1-28H,43-44H2. The van der Waals surface area contributed by atoms with Crippen LogP contribution in [-0.2, 0) is 0 Å². The van der Waals surface area contributed by atoms with Crippen LogP contribution < -0.4 is 30.4 Å². The highest BCUT2D eigenvalue weighted by Crippen LogP contribution is 2.35. The Labute approximate surface area is 279 Å². The van der Waals surface area contributed by atoms with Crippen LogP contribution in [0.25, 0.3) is 22.3 Å². The van der Waals surface area contributed by atoms with Crippen LogP contribution in [0.5, 0.6) is 46.0 Å². The SMILES string of the molecule is Nc1ccc(Oc2ccc(Oc3ccc(-c4ccccc4-c4ccc(Oc5ccc(Oc6ccc(N)cc6)cc5)cc4)cc3)cc2)cc1. The number of benzene rings is 7. The van der Waals surface area contributed by atoms with Crippen LogP contribution in [0.2, 0.25) is 0 Å². The van der Waals surface area contributed by atoms with Crippen molar-refractivity contribution in [2.45, 2.75) is 0 Å². The zero-order valence-corrected chi connectivity index (χ0v) is 26.0. The molecular weight excluding hydrogens is 596 g/mol. The topological polar surface area (TPSA) is 89.0 Å². The molecule has 0 saturated carbocycles. The number of rotatable bonds is 10. The summed E-state index contributed by atoms with van der Waals surface area (Å²) in [4.78, 5) is 0. The molecular formula is C42H32N2O4. The van der Waals surface area contributed by atoms with Crippen LogP contribution in [0.3, 0.4) is 0 Å². The average molecular weight is 629 g/mol. The molecule has 0 aliphatic carbocycles. The number of nitrogens with two attached hydrogens (primary N) is 2. The summed E-state index contributed by atoms with van der Waals surface area (Å²) in [5.41, 5.74) is 17.3. The van der Waals surface area contributed by atoms with Crippen LogP contribution in [0, 0.1) is 0 Å². The zero-order chi connectivity index (χ0) is 32.7. The number of ether oxygens (including phenoxy) is 4. The maximum absolute atomic E-state index is 6.11. The van der Waals surface area contributed by atoms with Gasteiger partial charge in [-0.25, -0.2) is 0 Å². The lowest BCUT2D eigenvalue weighted by molar-refractivity contribution is 0.469. The van der Waals surface area contributed by atoms with E-state index in [0.717, 1.165) is 56.8 Å². The van der Waals surface area contributed by atoms with Crippen molar-refractivity contribution in [3.63, 3.8) is 0 Å². The van der Waals surface area contributed by atoms with Gasteiger partial charge in [0, 0.05) is 11.4 Å². The van der Waals surface area contributed by atoms with Crippen LogP contribution in [0.15, 0.2) is 170 Å². The maximum Gasteiger partial charge on any atom is 0.127 e. The molecule has 48 heavy (non-hydrogen) atoms. The monoisotopic (exact) mass is 628 g/mol. The molecule has 234 valence electrons. The first-order valence-electron chi connectivity index (χ1n) is 15.5. The Bertz CT molecular complexity index is 1940. The van der Waals surface area contributed by atoms with E-state index >= 15 is 0 Å². The molecule has 0 amide bonds. The van der Waals surface area contributed by atoms with Gasteiger partial charge in [-0.1, -0.05) is 48.5 Å². The Morgan fingerprint density at radius 3 is 0.708 bits per heavy atom. The van der Waals surface area contributed by atoms with Gasteiger partial charge >= 0.3 is 0 Å². The average Bonchev–Trinajstić information content (AvgIpc) is 3.13. The molecule has 0 saturated heterocycles. The molecule has 0 aliphatic rings. The van der Waals surface area contributed by atoms with Crippen molar-refractivity contribution in [3.05, 3.63) is 170 Å². The Morgan fingerprint density at radius 2 is 0.458 bits per heavy atom. The molecule has 0 heterocycles. The van der Waals surface area contributed by atoms with Gasteiger partial charge in [-0.05, 0) is 144 Å². The van der Waals surface area contributed by atoms with Gasteiger partial charge in [0.1, 0.15) is 46.0 Å². The highest BCUT2D eigenvalue weighted by atomic mass is 16.5. The van der Waals surface area contributed by atoms with Gasteiger partial charge < -0.3 is 30.4 Å². The molecule has 0 aliphatic heterocycles. The van der Waals surface area contributed by atoms with Gasteiger partial charge in [-0.3, -0.25) is 0 Å². The van der Waals surface area contributed by atoms with E-state index in [0.29, 0.717) is 22.9 Å². The predicted molar refractivity (Wildman–Crippen MR) is 192 cm³/mol. The lowest BCUT2D eigenvalue weighted by atomic mass is 9.94. The first-order valence-corrected chi connectivity index (χ1v) is 15.5. The van der Waals surface area contributed by atoms with E-state index in [2.05, 4.69) is 48.5 Å². The second-order valence-electron chi connectivity index (χ2n) is 11.1.